The fourth-order valence-electron chi connectivity index (χ4n) is 3.97. The number of primary amides is 1. The van der Waals surface area contributed by atoms with E-state index in [1.165, 1.54) is 11.3 Å². The molecule has 1 aromatic rings. The maximum absolute atomic E-state index is 12.9. The van der Waals surface area contributed by atoms with Gasteiger partial charge in [0.25, 0.3) is 5.91 Å². The molecule has 2 amide bonds. The number of nitrogens with one attached hydrogen (secondary N) is 1. The number of anilines is 1. The molecule has 0 radical (unpaired) electrons. The van der Waals surface area contributed by atoms with Crippen molar-refractivity contribution in [3.8, 4) is 0 Å². The largest absolute Gasteiger partial charge is 0.481 e. The van der Waals surface area contributed by atoms with Crippen molar-refractivity contribution >= 4 is 34.1 Å². The molecule has 1 heterocycles. The van der Waals surface area contributed by atoms with Crippen molar-refractivity contribution in [1.82, 2.24) is 0 Å². The van der Waals surface area contributed by atoms with E-state index in [2.05, 4.69) is 5.32 Å². The Hall–Kier alpha value is -2.15. The molecular weight excluding hydrogens is 340 g/mol. The van der Waals surface area contributed by atoms with E-state index in [0.29, 0.717) is 10.6 Å². The van der Waals surface area contributed by atoms with E-state index in [1.807, 2.05) is 19.1 Å². The van der Waals surface area contributed by atoms with Gasteiger partial charge < -0.3 is 16.2 Å². The fraction of sp³-hybridized carbons (Fsp3) is 0.500. The summed E-state index contributed by atoms with van der Waals surface area (Å²) in [5, 5.41) is 12.8. The smallest absolute Gasteiger partial charge is 0.307 e. The van der Waals surface area contributed by atoms with Gasteiger partial charge in [0.1, 0.15) is 5.00 Å². The SMILES string of the molecule is CCCc1cc(C(N)=O)c(NC(=O)C2C3C=CC(CC3)C2C(=O)O)s1. The Kier molecular flexibility index (Phi) is 4.94. The first-order valence-corrected chi connectivity index (χ1v) is 9.38. The Balaban J connectivity index is 1.85. The number of nitrogens with two attached hydrogens (primary N) is 1. The van der Waals surface area contributed by atoms with Crippen LogP contribution in [-0.4, -0.2) is 22.9 Å². The highest BCUT2D eigenvalue weighted by Crippen LogP contribution is 2.45. The summed E-state index contributed by atoms with van der Waals surface area (Å²) in [6.45, 7) is 2.03. The number of carbonyl (C=O) groups is 3. The van der Waals surface area contributed by atoms with Gasteiger partial charge in [-0.05, 0) is 37.2 Å². The summed E-state index contributed by atoms with van der Waals surface area (Å²) in [5.41, 5.74) is 5.72. The van der Waals surface area contributed by atoms with E-state index >= 15 is 0 Å². The second-order valence-electron chi connectivity index (χ2n) is 6.74. The molecule has 0 saturated heterocycles. The van der Waals surface area contributed by atoms with Crippen LogP contribution in [0.1, 0.15) is 41.4 Å². The first kappa shape index (κ1) is 17.7. The maximum atomic E-state index is 12.9. The minimum atomic E-state index is -0.938. The lowest BCUT2D eigenvalue weighted by Gasteiger charge is -2.41. The topological polar surface area (TPSA) is 109 Å². The Morgan fingerprint density at radius 1 is 1.24 bits per heavy atom. The molecule has 4 unspecified atom stereocenters. The Bertz CT molecular complexity index is 739. The van der Waals surface area contributed by atoms with Crippen LogP contribution >= 0.6 is 11.3 Å². The molecule has 2 bridgehead atoms. The summed E-state index contributed by atoms with van der Waals surface area (Å²) in [7, 11) is 0. The molecule has 3 aliphatic rings. The lowest BCUT2D eigenvalue weighted by atomic mass is 9.62. The fourth-order valence-corrected chi connectivity index (χ4v) is 5.14. The number of amides is 2. The third-order valence-electron chi connectivity index (χ3n) is 5.12. The van der Waals surface area contributed by atoms with Crippen LogP contribution in [0.25, 0.3) is 0 Å². The quantitative estimate of drug-likeness (QED) is 0.676. The van der Waals surface area contributed by atoms with E-state index < -0.39 is 23.7 Å². The van der Waals surface area contributed by atoms with Crippen LogP contribution in [0.3, 0.4) is 0 Å². The number of aliphatic carboxylic acids is 1. The third-order valence-corrected chi connectivity index (χ3v) is 6.23. The first-order valence-electron chi connectivity index (χ1n) is 8.56. The minimum absolute atomic E-state index is 0.0711. The molecule has 7 heteroatoms. The number of fused-ring (bicyclic) bond motifs is 2. The molecule has 3 aliphatic carbocycles. The third kappa shape index (κ3) is 3.33. The van der Waals surface area contributed by atoms with Gasteiger partial charge in [-0.2, -0.15) is 0 Å². The molecule has 1 saturated carbocycles. The summed E-state index contributed by atoms with van der Waals surface area (Å²) < 4.78 is 0. The van der Waals surface area contributed by atoms with Gasteiger partial charge in [0.2, 0.25) is 5.91 Å². The van der Waals surface area contributed by atoms with Crippen molar-refractivity contribution in [2.45, 2.75) is 32.6 Å². The van der Waals surface area contributed by atoms with E-state index in [0.717, 1.165) is 30.6 Å². The van der Waals surface area contributed by atoms with Crippen LogP contribution < -0.4 is 11.1 Å². The summed E-state index contributed by atoms with van der Waals surface area (Å²) >= 11 is 1.34. The molecule has 134 valence electrons. The van der Waals surface area contributed by atoms with Crippen LogP contribution in [0.2, 0.25) is 0 Å². The Morgan fingerprint density at radius 2 is 1.88 bits per heavy atom. The number of carboxylic acids is 1. The number of aryl methyl sites for hydroxylation is 1. The molecule has 0 spiro atoms. The van der Waals surface area contributed by atoms with E-state index in [9.17, 15) is 19.5 Å². The van der Waals surface area contributed by atoms with Crippen LogP contribution in [0.5, 0.6) is 0 Å². The number of rotatable bonds is 6. The average Bonchev–Trinajstić information content (AvgIpc) is 2.98. The van der Waals surface area contributed by atoms with Crippen LogP contribution in [0, 0.1) is 23.7 Å². The number of hydrogen-bond acceptors (Lipinski definition) is 4. The second-order valence-corrected chi connectivity index (χ2v) is 7.88. The maximum Gasteiger partial charge on any atom is 0.307 e. The van der Waals surface area contributed by atoms with Gasteiger partial charge in [0, 0.05) is 4.88 Å². The van der Waals surface area contributed by atoms with Crippen molar-refractivity contribution in [3.63, 3.8) is 0 Å². The Morgan fingerprint density at radius 3 is 2.40 bits per heavy atom. The molecule has 4 N–H and O–H groups in total. The zero-order valence-electron chi connectivity index (χ0n) is 14.0. The van der Waals surface area contributed by atoms with Crippen molar-refractivity contribution in [3.05, 3.63) is 28.7 Å². The van der Waals surface area contributed by atoms with E-state index in [-0.39, 0.29) is 17.7 Å². The van der Waals surface area contributed by atoms with Gasteiger partial charge in [-0.1, -0.05) is 25.5 Å². The van der Waals surface area contributed by atoms with Crippen molar-refractivity contribution in [2.75, 3.05) is 5.32 Å². The molecule has 1 fully saturated rings. The van der Waals surface area contributed by atoms with Crippen LogP contribution in [0.4, 0.5) is 5.00 Å². The standard InChI is InChI=1S/C18H22N2O4S/c1-2-3-11-8-12(15(19)21)17(25-11)20-16(22)13-9-4-6-10(7-5-9)14(13)18(23)24/h4,6,8-10,13-14H,2-3,5,7H2,1H3,(H2,19,21)(H,20,22)(H,23,24). The molecule has 4 rings (SSSR count). The average molecular weight is 362 g/mol. The van der Waals surface area contributed by atoms with Gasteiger partial charge in [0.05, 0.1) is 17.4 Å². The summed E-state index contributed by atoms with van der Waals surface area (Å²) in [4.78, 5) is 37.2. The summed E-state index contributed by atoms with van der Waals surface area (Å²) in [6.07, 6.45) is 7.23. The summed E-state index contributed by atoms with van der Waals surface area (Å²) in [6, 6.07) is 1.72. The van der Waals surface area contributed by atoms with E-state index in [4.69, 9.17) is 5.73 Å². The number of thiophene rings is 1. The molecule has 1 aromatic heterocycles. The Labute approximate surface area is 150 Å². The van der Waals surface area contributed by atoms with Gasteiger partial charge in [-0.25, -0.2) is 0 Å². The number of carboxylic acid groups (broad SMARTS) is 1. The number of hydrogen-bond donors (Lipinski definition) is 3. The van der Waals surface area contributed by atoms with Gasteiger partial charge in [-0.15, -0.1) is 11.3 Å². The second kappa shape index (κ2) is 7.00. The van der Waals surface area contributed by atoms with Crippen LogP contribution in [-0.2, 0) is 16.0 Å². The molecular formula is C18H22N2O4S. The summed E-state index contributed by atoms with van der Waals surface area (Å²) in [5.74, 6) is -3.36. The minimum Gasteiger partial charge on any atom is -0.481 e. The molecule has 0 aliphatic heterocycles. The monoisotopic (exact) mass is 362 g/mol. The predicted octanol–water partition coefficient (Wildman–Crippen LogP) is 2.65. The number of carbonyl (C=O) groups excluding carboxylic acids is 2. The van der Waals surface area contributed by atoms with Gasteiger partial charge in [0.15, 0.2) is 0 Å². The molecule has 0 aromatic carbocycles. The highest BCUT2D eigenvalue weighted by molar-refractivity contribution is 7.16. The van der Waals surface area contributed by atoms with E-state index in [1.54, 1.807) is 6.07 Å². The van der Waals surface area contributed by atoms with Gasteiger partial charge in [-0.3, -0.25) is 14.4 Å². The lowest BCUT2D eigenvalue weighted by molar-refractivity contribution is -0.151. The zero-order valence-corrected chi connectivity index (χ0v) is 14.8. The molecule has 6 nitrogen and oxygen atoms in total. The van der Waals surface area contributed by atoms with Gasteiger partial charge >= 0.3 is 5.97 Å². The molecule has 4 atom stereocenters. The predicted molar refractivity (Wildman–Crippen MR) is 95.4 cm³/mol. The normalized spacial score (nSPS) is 27.2. The molecule has 25 heavy (non-hydrogen) atoms. The first-order chi connectivity index (χ1) is 11.9. The number of allylic oxidation sites excluding steroid dienone is 2. The highest BCUT2D eigenvalue weighted by Gasteiger charge is 2.48. The van der Waals surface area contributed by atoms with Crippen molar-refractivity contribution in [1.29, 1.82) is 0 Å². The highest BCUT2D eigenvalue weighted by atomic mass is 32.1. The van der Waals surface area contributed by atoms with Crippen LogP contribution in [0.15, 0.2) is 18.2 Å². The zero-order chi connectivity index (χ0) is 18.1. The van der Waals surface area contributed by atoms with Crippen molar-refractivity contribution in [2.24, 2.45) is 29.4 Å². The lowest BCUT2D eigenvalue weighted by Crippen LogP contribution is -2.47. The van der Waals surface area contributed by atoms with Crippen molar-refractivity contribution < 1.29 is 19.5 Å².